The molecule has 0 aromatic heterocycles. The molecule has 9 heteroatoms. The first-order valence-corrected chi connectivity index (χ1v) is 29.6. The van der Waals surface area contributed by atoms with Crippen LogP contribution < -0.4 is 5.32 Å². The van der Waals surface area contributed by atoms with Gasteiger partial charge in [-0.1, -0.05) is 227 Å². The van der Waals surface area contributed by atoms with Gasteiger partial charge < -0.3 is 19.8 Å². The topological polar surface area (TPSA) is 105 Å². The van der Waals surface area contributed by atoms with Crippen molar-refractivity contribution in [3.63, 3.8) is 0 Å². The number of quaternary nitrogens is 1. The van der Waals surface area contributed by atoms with E-state index < -0.39 is 20.0 Å². The van der Waals surface area contributed by atoms with Crippen molar-refractivity contribution in [2.24, 2.45) is 0 Å². The molecule has 0 radical (unpaired) electrons. The Kier molecular flexibility index (Phi) is 48.5. The molecule has 0 saturated carbocycles. The lowest BCUT2D eigenvalue weighted by Gasteiger charge is -2.25. The molecule has 1 amide bonds. The Hall–Kier alpha value is -2.58. The number of rotatable bonds is 50. The van der Waals surface area contributed by atoms with Crippen molar-refractivity contribution < 1.29 is 32.9 Å². The summed E-state index contributed by atoms with van der Waals surface area (Å²) in [5.74, 6) is -0.194. The van der Waals surface area contributed by atoms with E-state index in [9.17, 15) is 19.4 Å². The van der Waals surface area contributed by atoms with E-state index in [1.165, 1.54) is 128 Å². The molecule has 3 unspecified atom stereocenters. The molecule has 3 N–H and O–H groups in total. The summed E-state index contributed by atoms with van der Waals surface area (Å²) < 4.78 is 23.6. The third kappa shape index (κ3) is 53.1. The Morgan fingerprint density at radius 3 is 1.33 bits per heavy atom. The Morgan fingerprint density at radius 1 is 0.507 bits per heavy atom. The molecule has 8 nitrogen and oxygen atoms in total. The van der Waals surface area contributed by atoms with Gasteiger partial charge in [-0.15, -0.1) is 0 Å². The standard InChI is InChI=1S/C60H107N2O6P/c1-6-8-10-12-14-16-18-20-22-23-24-25-26-27-28-29-30-31-32-33-34-35-36-37-38-39-40-42-44-46-48-50-52-54-60(64)61-58(57-68-69(65,66)67-56-55-62(3,4)5)59(63)53-51-49-47-45-43-41-21-19-17-15-13-11-9-7-2/h8,10,14,16-17,19-20,22,24-25,27-28,43,45,51,53,58-59,63H,6-7,9,11-13,15,18,21,23,26,29-42,44,46-50,52,54-57H2,1-5H3,(H-,61,64,65,66)/p+1/b10-8-,16-14-,19-17+,22-20-,25-24-,28-27-,45-43+,53-51+. The second kappa shape index (κ2) is 50.4. The number of nitrogens with zero attached hydrogens (tertiary/aromatic N) is 1. The van der Waals surface area contributed by atoms with Crippen molar-refractivity contribution in [2.45, 2.75) is 238 Å². The van der Waals surface area contributed by atoms with Crippen molar-refractivity contribution in [2.75, 3.05) is 40.9 Å². The fourth-order valence-corrected chi connectivity index (χ4v) is 8.37. The largest absolute Gasteiger partial charge is 0.472 e. The summed E-state index contributed by atoms with van der Waals surface area (Å²) in [6, 6.07) is -0.873. The fraction of sp³-hybridized carbons (Fsp3) is 0.717. The Balaban J connectivity index is 4.11. The van der Waals surface area contributed by atoms with E-state index in [0.29, 0.717) is 17.4 Å². The summed E-state index contributed by atoms with van der Waals surface area (Å²) in [7, 11) is 1.54. The van der Waals surface area contributed by atoms with Crippen LogP contribution in [0, 0.1) is 0 Å². The second-order valence-corrected chi connectivity index (χ2v) is 21.4. The van der Waals surface area contributed by atoms with Gasteiger partial charge in [0.25, 0.3) is 0 Å². The smallest absolute Gasteiger partial charge is 0.387 e. The van der Waals surface area contributed by atoms with Gasteiger partial charge in [-0.05, 0) is 89.9 Å². The summed E-state index contributed by atoms with van der Waals surface area (Å²) in [5, 5.41) is 13.9. The number of hydrogen-bond donors (Lipinski definition) is 3. The van der Waals surface area contributed by atoms with Gasteiger partial charge >= 0.3 is 7.82 Å². The van der Waals surface area contributed by atoms with Crippen LogP contribution in [0.15, 0.2) is 97.2 Å². The molecule has 0 fully saturated rings. The van der Waals surface area contributed by atoms with E-state index in [2.05, 4.69) is 104 Å². The van der Waals surface area contributed by atoms with Crippen LogP contribution in [0.5, 0.6) is 0 Å². The molecule has 0 bridgehead atoms. The highest BCUT2D eigenvalue weighted by Gasteiger charge is 2.27. The van der Waals surface area contributed by atoms with Crippen LogP contribution in [-0.2, 0) is 18.4 Å². The molecule has 0 rings (SSSR count). The number of unbranched alkanes of at least 4 members (excludes halogenated alkanes) is 23. The number of nitrogens with one attached hydrogen (secondary N) is 1. The van der Waals surface area contributed by atoms with Gasteiger partial charge in [0.2, 0.25) is 5.91 Å². The van der Waals surface area contributed by atoms with E-state index in [-0.39, 0.29) is 19.1 Å². The predicted octanol–water partition coefficient (Wildman–Crippen LogP) is 17.0. The van der Waals surface area contributed by atoms with Crippen molar-refractivity contribution in [3.05, 3.63) is 97.2 Å². The zero-order valence-corrected chi connectivity index (χ0v) is 46.2. The average Bonchev–Trinajstić information content (AvgIpc) is 3.31. The van der Waals surface area contributed by atoms with Crippen LogP contribution in [0.4, 0.5) is 0 Å². The van der Waals surface area contributed by atoms with Crippen LogP contribution >= 0.6 is 7.82 Å². The summed E-state index contributed by atoms with van der Waals surface area (Å²) in [6.45, 7) is 4.64. The lowest BCUT2D eigenvalue weighted by Crippen LogP contribution is -2.45. The first-order chi connectivity index (χ1) is 33.5. The number of phosphoric acid groups is 1. The second-order valence-electron chi connectivity index (χ2n) is 19.9. The highest BCUT2D eigenvalue weighted by Crippen LogP contribution is 2.43. The monoisotopic (exact) mass is 984 g/mol. The minimum atomic E-state index is -4.36. The fourth-order valence-electron chi connectivity index (χ4n) is 7.63. The Labute approximate surface area is 426 Å². The van der Waals surface area contributed by atoms with Crippen LogP contribution in [0.2, 0.25) is 0 Å². The third-order valence-corrected chi connectivity index (χ3v) is 13.0. The van der Waals surface area contributed by atoms with Crippen LogP contribution in [0.25, 0.3) is 0 Å². The molecule has 0 saturated heterocycles. The highest BCUT2D eigenvalue weighted by atomic mass is 31.2. The van der Waals surface area contributed by atoms with E-state index in [1.807, 2.05) is 27.2 Å². The lowest BCUT2D eigenvalue weighted by molar-refractivity contribution is -0.870. The van der Waals surface area contributed by atoms with Gasteiger partial charge in [0.15, 0.2) is 0 Å². The van der Waals surface area contributed by atoms with Crippen LogP contribution in [0.1, 0.15) is 226 Å². The highest BCUT2D eigenvalue weighted by molar-refractivity contribution is 7.47. The van der Waals surface area contributed by atoms with Crippen molar-refractivity contribution in [1.82, 2.24) is 5.32 Å². The molecule has 0 aliphatic rings. The van der Waals surface area contributed by atoms with Crippen LogP contribution in [0.3, 0.4) is 0 Å². The number of carbonyl (C=O) groups is 1. The van der Waals surface area contributed by atoms with E-state index >= 15 is 0 Å². The van der Waals surface area contributed by atoms with Crippen LogP contribution in [-0.4, -0.2) is 73.4 Å². The van der Waals surface area contributed by atoms with E-state index in [1.54, 1.807) is 6.08 Å². The number of aliphatic hydroxyl groups is 1. The molecular formula is C60H108N2O6P+. The number of aliphatic hydroxyl groups excluding tert-OH is 1. The zero-order chi connectivity index (χ0) is 50.6. The molecule has 398 valence electrons. The van der Waals surface area contributed by atoms with Crippen molar-refractivity contribution in [1.29, 1.82) is 0 Å². The first-order valence-electron chi connectivity index (χ1n) is 28.1. The minimum Gasteiger partial charge on any atom is -0.387 e. The minimum absolute atomic E-state index is 0.0505. The molecule has 0 aromatic rings. The van der Waals surface area contributed by atoms with Gasteiger partial charge in [-0.25, -0.2) is 4.57 Å². The summed E-state index contributed by atoms with van der Waals surface area (Å²) >= 11 is 0. The maximum atomic E-state index is 12.9. The molecule has 0 heterocycles. The Bertz CT molecular complexity index is 1440. The van der Waals surface area contributed by atoms with Gasteiger partial charge in [0, 0.05) is 6.42 Å². The van der Waals surface area contributed by atoms with Crippen molar-refractivity contribution in [3.8, 4) is 0 Å². The maximum Gasteiger partial charge on any atom is 0.472 e. The quantitative estimate of drug-likeness (QED) is 0.0243. The molecule has 0 aliphatic carbocycles. The van der Waals surface area contributed by atoms with Crippen molar-refractivity contribution >= 4 is 13.7 Å². The third-order valence-electron chi connectivity index (χ3n) is 12.0. The predicted molar refractivity (Wildman–Crippen MR) is 299 cm³/mol. The van der Waals surface area contributed by atoms with Gasteiger partial charge in [0.1, 0.15) is 13.2 Å². The molecule has 69 heavy (non-hydrogen) atoms. The molecule has 0 aromatic carbocycles. The average molecular weight is 985 g/mol. The summed E-state index contributed by atoms with van der Waals surface area (Å²) in [5.41, 5.74) is 0. The van der Waals surface area contributed by atoms with Gasteiger partial charge in [0.05, 0.1) is 39.9 Å². The molecular weight excluding hydrogens is 876 g/mol. The lowest BCUT2D eigenvalue weighted by atomic mass is 10.0. The molecule has 0 aliphatic heterocycles. The van der Waals surface area contributed by atoms with Gasteiger partial charge in [-0.2, -0.15) is 0 Å². The zero-order valence-electron chi connectivity index (χ0n) is 45.3. The number of hydrogen-bond acceptors (Lipinski definition) is 5. The van der Waals surface area contributed by atoms with Gasteiger partial charge in [-0.3, -0.25) is 13.8 Å². The number of amides is 1. The maximum absolute atomic E-state index is 12.9. The number of phosphoric ester groups is 1. The van der Waals surface area contributed by atoms with E-state index in [0.717, 1.165) is 77.0 Å². The SMILES string of the molecule is CC/C=C\C/C=C\C/C=C\C/C=C\C/C=C\CCCCCCCCCCCCCCCCCCCC(=O)NC(COP(=O)(O)OCC[N+](C)(C)C)C(O)/C=C/CC/C=C/CC/C=C/CCCCCC. The normalized spacial score (nSPS) is 14.7. The first kappa shape index (κ1) is 66.4. The molecule has 3 atom stereocenters. The van der Waals surface area contributed by atoms with E-state index in [4.69, 9.17) is 9.05 Å². The number of likely N-dealkylation sites (N-methyl/N-ethyl adjacent to an activating group) is 1. The summed E-state index contributed by atoms with van der Waals surface area (Å²) in [6.07, 6.45) is 72.3. The summed E-state index contributed by atoms with van der Waals surface area (Å²) in [4.78, 5) is 23.2. The molecule has 0 spiro atoms. The number of carbonyl (C=O) groups excluding carboxylic acids is 1. The number of allylic oxidation sites excluding steroid dienone is 15. The Morgan fingerprint density at radius 2 is 0.884 bits per heavy atom.